The average Bonchev–Trinajstić information content (AvgIpc) is 3.65. The van der Waals surface area contributed by atoms with Crippen molar-refractivity contribution >= 4 is 29.5 Å². The van der Waals surface area contributed by atoms with Crippen LogP contribution in [0.3, 0.4) is 0 Å². The van der Waals surface area contributed by atoms with Gasteiger partial charge in [0.05, 0.1) is 5.76 Å². The van der Waals surface area contributed by atoms with Crippen LogP contribution in [0.25, 0.3) is 23.3 Å². The van der Waals surface area contributed by atoms with Crippen LogP contribution in [-0.2, 0) is 24.0 Å². The van der Waals surface area contributed by atoms with Crippen molar-refractivity contribution in [1.29, 1.82) is 5.41 Å². The molecule has 1 aromatic heterocycles. The van der Waals surface area contributed by atoms with Gasteiger partial charge in [0.2, 0.25) is 0 Å². The van der Waals surface area contributed by atoms with E-state index in [0.29, 0.717) is 5.92 Å². The van der Waals surface area contributed by atoms with Crippen molar-refractivity contribution in [3.8, 4) is 0 Å². The van der Waals surface area contributed by atoms with Crippen LogP contribution in [0.15, 0.2) is 80.5 Å². The maximum atomic E-state index is 7.51. The maximum absolute atomic E-state index is 7.51. The molecule has 44 heavy (non-hydrogen) atoms. The van der Waals surface area contributed by atoms with Crippen LogP contribution in [0, 0.1) is 11.3 Å². The summed E-state index contributed by atoms with van der Waals surface area (Å²) >= 11 is 0. The van der Waals surface area contributed by atoms with Crippen molar-refractivity contribution < 1.29 is 9.15 Å². The van der Waals surface area contributed by atoms with E-state index in [9.17, 15) is 0 Å². The third-order valence-corrected chi connectivity index (χ3v) is 11.3. The topological polar surface area (TPSA) is 46.2 Å². The number of hydrogen-bond donors (Lipinski definition) is 1. The highest BCUT2D eigenvalue weighted by Gasteiger charge is 2.42. The van der Waals surface area contributed by atoms with Crippen LogP contribution in [0.1, 0.15) is 98.6 Å². The molecule has 2 atom stereocenters. The minimum Gasteiger partial charge on any atom is -0.489 e. The van der Waals surface area contributed by atoms with Crippen LogP contribution in [-0.4, -0.2) is 12.3 Å². The summed E-state index contributed by atoms with van der Waals surface area (Å²) in [5.74, 6) is 2.89. The first kappa shape index (κ1) is 26.5. The minimum absolute atomic E-state index is 0.0742. The summed E-state index contributed by atoms with van der Waals surface area (Å²) in [5.41, 5.74) is 16.6. The molecule has 3 heteroatoms. The van der Waals surface area contributed by atoms with Gasteiger partial charge in [-0.3, -0.25) is 0 Å². The molecule has 222 valence electrons. The van der Waals surface area contributed by atoms with E-state index >= 15 is 0 Å². The van der Waals surface area contributed by atoms with Crippen LogP contribution in [0.2, 0.25) is 0 Å². The number of nitrogens with one attached hydrogen (secondary N) is 1. The Labute approximate surface area is 260 Å². The number of fused-ring (bicyclic) bond motifs is 6. The van der Waals surface area contributed by atoms with Crippen molar-refractivity contribution in [2.45, 2.75) is 96.0 Å². The number of furan rings is 1. The average molecular weight is 580 g/mol. The summed E-state index contributed by atoms with van der Waals surface area (Å²) < 4.78 is 13.6. The Bertz CT molecular complexity index is 1920. The molecule has 1 aromatic carbocycles. The molecule has 0 amide bonds. The highest BCUT2D eigenvalue weighted by atomic mass is 16.5. The third-order valence-electron chi connectivity index (χ3n) is 11.3. The first-order chi connectivity index (χ1) is 21.7. The van der Waals surface area contributed by atoms with Crippen LogP contribution in [0.4, 0.5) is 0 Å². The monoisotopic (exact) mass is 579 g/mol. The Balaban J connectivity index is 1.06. The smallest absolute Gasteiger partial charge is 0.141 e. The second-order valence-corrected chi connectivity index (χ2v) is 13.8. The number of ether oxygens (including phenoxy) is 1. The molecule has 3 nitrogen and oxygen atoms in total. The van der Waals surface area contributed by atoms with Crippen molar-refractivity contribution in [2.24, 2.45) is 5.92 Å². The zero-order valence-corrected chi connectivity index (χ0v) is 25.6. The fourth-order valence-electron chi connectivity index (χ4n) is 8.92. The predicted octanol–water partition coefficient (Wildman–Crippen LogP) is 8.38. The quantitative estimate of drug-likeness (QED) is 0.370. The second-order valence-electron chi connectivity index (χ2n) is 13.8. The molecule has 2 unspecified atom stereocenters. The lowest BCUT2D eigenvalue weighted by Gasteiger charge is -2.28. The maximum Gasteiger partial charge on any atom is 0.141 e. The largest absolute Gasteiger partial charge is 0.489 e. The summed E-state index contributed by atoms with van der Waals surface area (Å²) in [6.07, 6.45) is 31.5. The van der Waals surface area contributed by atoms with Gasteiger partial charge in [0, 0.05) is 41.3 Å². The van der Waals surface area contributed by atoms with Gasteiger partial charge in [0.25, 0.3) is 0 Å². The number of benzene rings is 1. The van der Waals surface area contributed by atoms with E-state index in [1.54, 1.807) is 5.57 Å². The van der Waals surface area contributed by atoms with Gasteiger partial charge in [-0.1, -0.05) is 54.7 Å². The molecular weight excluding hydrogens is 538 g/mol. The summed E-state index contributed by atoms with van der Waals surface area (Å²) in [5, 5.41) is 8.90. The molecule has 0 fully saturated rings. The Hall–Kier alpha value is -3.85. The standard InChI is InChI=1S/C41H41NO2/c42-24-25-9-11-26(12-10-25)27-13-15-28(16-14-27)29-17-18-31-22-32(20-19-30(31)21-29)39-40-35(33-5-1-3-7-37(33)43-40)23-36-34-6-2-4-8-38(34)44-41(36)39/h9,11,13,15,17-18,21-24,35,40,42H,1-8,10,12,14,16,19-20H2. The van der Waals surface area contributed by atoms with E-state index in [0.717, 1.165) is 68.8 Å². The SMILES string of the molecule is N=CC1=CC=C(C2=CC=C(c3ccc4c(c3)CCC(C3=c5oc6c(c5=CC5C7=C(CCCC7)OC35)CCCC6)=C4)CC2)CC1. The summed E-state index contributed by atoms with van der Waals surface area (Å²) in [7, 11) is 0. The first-order valence-electron chi connectivity index (χ1n) is 17.1. The van der Waals surface area contributed by atoms with Crippen molar-refractivity contribution in [3.05, 3.63) is 115 Å². The Morgan fingerprint density at radius 2 is 1.50 bits per heavy atom. The molecule has 9 rings (SSSR count). The van der Waals surface area contributed by atoms with Gasteiger partial charge in [-0.15, -0.1) is 0 Å². The van der Waals surface area contributed by atoms with Gasteiger partial charge in [-0.25, -0.2) is 0 Å². The molecule has 0 radical (unpaired) electrons. The van der Waals surface area contributed by atoms with Gasteiger partial charge in [-0.05, 0) is 127 Å². The summed E-state index contributed by atoms with van der Waals surface area (Å²) in [6, 6.07) is 7.15. The second kappa shape index (κ2) is 10.6. The van der Waals surface area contributed by atoms with Crippen LogP contribution >= 0.6 is 0 Å². The molecule has 0 saturated heterocycles. The number of aryl methyl sites for hydroxylation is 2. The molecule has 1 aliphatic heterocycles. The lowest BCUT2D eigenvalue weighted by Crippen LogP contribution is -2.39. The lowest BCUT2D eigenvalue weighted by atomic mass is 9.77. The van der Waals surface area contributed by atoms with Crippen LogP contribution < -0.4 is 10.6 Å². The summed E-state index contributed by atoms with van der Waals surface area (Å²) in [4.78, 5) is 0. The van der Waals surface area contributed by atoms with Crippen molar-refractivity contribution in [2.75, 3.05) is 0 Å². The lowest BCUT2D eigenvalue weighted by molar-refractivity contribution is 0.165. The molecule has 7 aliphatic rings. The Kier molecular flexibility index (Phi) is 6.42. The van der Waals surface area contributed by atoms with E-state index in [2.05, 4.69) is 54.7 Å². The van der Waals surface area contributed by atoms with Gasteiger partial charge >= 0.3 is 0 Å². The molecule has 0 spiro atoms. The molecule has 2 aromatic rings. The van der Waals surface area contributed by atoms with Gasteiger partial charge in [-0.2, -0.15) is 0 Å². The van der Waals surface area contributed by atoms with Crippen LogP contribution in [0.5, 0.6) is 0 Å². The molecule has 1 N–H and O–H groups in total. The van der Waals surface area contributed by atoms with E-state index in [4.69, 9.17) is 14.6 Å². The number of allylic oxidation sites excluding steroid dienone is 9. The minimum atomic E-state index is 0.0742. The first-order valence-corrected chi connectivity index (χ1v) is 17.1. The zero-order valence-electron chi connectivity index (χ0n) is 25.6. The van der Waals surface area contributed by atoms with E-state index in [1.165, 1.54) is 105 Å². The number of hydrogen-bond acceptors (Lipinski definition) is 3. The number of rotatable bonds is 4. The Morgan fingerprint density at radius 3 is 2.34 bits per heavy atom. The fourth-order valence-corrected chi connectivity index (χ4v) is 8.92. The predicted molar refractivity (Wildman–Crippen MR) is 179 cm³/mol. The van der Waals surface area contributed by atoms with E-state index in [-0.39, 0.29) is 6.10 Å². The van der Waals surface area contributed by atoms with E-state index in [1.807, 2.05) is 0 Å². The van der Waals surface area contributed by atoms with Gasteiger partial charge < -0.3 is 14.6 Å². The van der Waals surface area contributed by atoms with E-state index < -0.39 is 0 Å². The molecule has 0 bridgehead atoms. The highest BCUT2D eigenvalue weighted by molar-refractivity contribution is 5.82. The zero-order chi connectivity index (χ0) is 29.2. The molecule has 6 aliphatic carbocycles. The van der Waals surface area contributed by atoms with Crippen molar-refractivity contribution in [3.63, 3.8) is 0 Å². The Morgan fingerprint density at radius 1 is 0.727 bits per heavy atom. The summed E-state index contributed by atoms with van der Waals surface area (Å²) in [6.45, 7) is 0. The molecule has 0 saturated carbocycles. The molecular formula is C41H41NO2. The highest BCUT2D eigenvalue weighted by Crippen LogP contribution is 2.47. The third kappa shape index (κ3) is 4.34. The molecule has 2 heterocycles. The van der Waals surface area contributed by atoms with Gasteiger partial charge in [0.15, 0.2) is 0 Å². The van der Waals surface area contributed by atoms with Crippen molar-refractivity contribution in [1.82, 2.24) is 0 Å². The van der Waals surface area contributed by atoms with Gasteiger partial charge in [0.1, 0.15) is 17.3 Å². The fraction of sp³-hybridized carbons (Fsp3) is 0.390. The normalized spacial score (nSPS) is 25.5.